The highest BCUT2D eigenvalue weighted by atomic mass is 16.5. The van der Waals surface area contributed by atoms with Crippen LogP contribution in [0.4, 0.5) is 0 Å². The quantitative estimate of drug-likeness (QED) is 0.378. The van der Waals surface area contributed by atoms with Gasteiger partial charge in [-0.2, -0.15) is 0 Å². The number of amides is 2. The van der Waals surface area contributed by atoms with E-state index >= 15 is 0 Å². The summed E-state index contributed by atoms with van der Waals surface area (Å²) >= 11 is 0. The molecule has 0 aromatic carbocycles. The van der Waals surface area contributed by atoms with Gasteiger partial charge in [0.15, 0.2) is 0 Å². The fourth-order valence-corrected chi connectivity index (χ4v) is 6.07. The van der Waals surface area contributed by atoms with E-state index in [0.29, 0.717) is 38.8 Å². The maximum atomic E-state index is 14.0. The number of aliphatic carboxylic acids is 1. The molecule has 0 aromatic heterocycles. The standard InChI is InChI=1S/C23H36N2O6/c1-5-9-15(3)24(12-6-2)20(28)18-23-11-10-22(4,31-23)17(21(29)30)16(23)19(27)25(18)13-7-8-14-26/h6,15-18,26H,2,5,7-14H2,1,3-4H3,(H,29,30)/t15?,16-,17-,18?,22+,23?/m0/s1. The van der Waals surface area contributed by atoms with Crippen LogP contribution in [0.3, 0.4) is 0 Å². The summed E-state index contributed by atoms with van der Waals surface area (Å²) in [4.78, 5) is 42.9. The third-order valence-corrected chi connectivity index (χ3v) is 7.43. The minimum atomic E-state index is -1.11. The third-order valence-electron chi connectivity index (χ3n) is 7.43. The number of aliphatic hydroxyl groups is 1. The van der Waals surface area contributed by atoms with Crippen molar-refractivity contribution in [3.8, 4) is 0 Å². The predicted molar refractivity (Wildman–Crippen MR) is 114 cm³/mol. The van der Waals surface area contributed by atoms with Crippen molar-refractivity contribution in [1.29, 1.82) is 0 Å². The van der Waals surface area contributed by atoms with Crippen LogP contribution in [-0.2, 0) is 19.1 Å². The molecule has 31 heavy (non-hydrogen) atoms. The molecule has 0 aromatic rings. The molecule has 2 N–H and O–H groups in total. The van der Waals surface area contributed by atoms with Crippen molar-refractivity contribution in [1.82, 2.24) is 9.80 Å². The van der Waals surface area contributed by atoms with Crippen molar-refractivity contribution >= 4 is 17.8 Å². The number of nitrogens with zero attached hydrogens (tertiary/aromatic N) is 2. The smallest absolute Gasteiger partial charge is 0.310 e. The van der Waals surface area contributed by atoms with Crippen LogP contribution in [0, 0.1) is 11.8 Å². The SMILES string of the molecule is C=CCN(C(=O)C1N(CCCCO)C(=O)[C@@H]2[C@@H](C(=O)O)[C@@]3(C)CCC12O3)C(C)CCC. The number of carbonyl (C=O) groups is 3. The molecule has 8 heteroatoms. The Morgan fingerprint density at radius 2 is 2.10 bits per heavy atom. The number of fused-ring (bicyclic) bond motifs is 1. The molecule has 0 aliphatic carbocycles. The van der Waals surface area contributed by atoms with Gasteiger partial charge < -0.3 is 24.7 Å². The minimum Gasteiger partial charge on any atom is -0.481 e. The summed E-state index contributed by atoms with van der Waals surface area (Å²) in [7, 11) is 0. The number of rotatable bonds is 11. The predicted octanol–water partition coefficient (Wildman–Crippen LogP) is 1.81. The molecular formula is C23H36N2O6. The van der Waals surface area contributed by atoms with Gasteiger partial charge >= 0.3 is 5.97 Å². The van der Waals surface area contributed by atoms with E-state index in [1.165, 1.54) is 4.90 Å². The van der Waals surface area contributed by atoms with Gasteiger partial charge in [0.25, 0.3) is 0 Å². The number of carboxylic acids is 1. The Hall–Kier alpha value is -1.93. The second-order valence-corrected chi connectivity index (χ2v) is 9.45. The van der Waals surface area contributed by atoms with Crippen molar-refractivity contribution in [2.45, 2.75) is 82.6 Å². The minimum absolute atomic E-state index is 0.00232. The molecule has 3 saturated heterocycles. The van der Waals surface area contributed by atoms with Gasteiger partial charge in [0.1, 0.15) is 11.6 Å². The Balaban J connectivity index is 2.03. The second kappa shape index (κ2) is 8.90. The number of aliphatic hydroxyl groups excluding tert-OH is 1. The molecule has 3 aliphatic heterocycles. The van der Waals surface area contributed by atoms with Crippen molar-refractivity contribution in [3.63, 3.8) is 0 Å². The topological polar surface area (TPSA) is 107 Å². The average molecular weight is 437 g/mol. The van der Waals surface area contributed by atoms with E-state index in [4.69, 9.17) is 4.74 Å². The molecule has 3 aliphatic rings. The number of hydrogen-bond acceptors (Lipinski definition) is 5. The van der Waals surface area contributed by atoms with Gasteiger partial charge in [-0.1, -0.05) is 19.4 Å². The fraction of sp³-hybridized carbons (Fsp3) is 0.783. The van der Waals surface area contributed by atoms with Gasteiger partial charge in [-0.05, 0) is 46.0 Å². The van der Waals surface area contributed by atoms with Gasteiger partial charge in [-0.3, -0.25) is 14.4 Å². The highest BCUT2D eigenvalue weighted by Crippen LogP contribution is 2.63. The van der Waals surface area contributed by atoms with Crippen LogP contribution in [0.5, 0.6) is 0 Å². The highest BCUT2D eigenvalue weighted by molar-refractivity contribution is 5.98. The van der Waals surface area contributed by atoms with Crippen LogP contribution >= 0.6 is 0 Å². The molecule has 3 unspecified atom stereocenters. The summed E-state index contributed by atoms with van der Waals surface area (Å²) in [5.41, 5.74) is -2.06. The van der Waals surface area contributed by atoms with Crippen LogP contribution in [0.25, 0.3) is 0 Å². The Kier molecular flexibility index (Phi) is 6.81. The molecule has 3 rings (SSSR count). The molecule has 2 bridgehead atoms. The van der Waals surface area contributed by atoms with Crippen molar-refractivity contribution in [2.75, 3.05) is 19.7 Å². The van der Waals surface area contributed by atoms with Crippen molar-refractivity contribution in [3.05, 3.63) is 12.7 Å². The van der Waals surface area contributed by atoms with Crippen LogP contribution in [0.15, 0.2) is 12.7 Å². The first-order valence-electron chi connectivity index (χ1n) is 11.4. The van der Waals surface area contributed by atoms with E-state index < -0.39 is 35.0 Å². The van der Waals surface area contributed by atoms with Crippen molar-refractivity contribution in [2.24, 2.45) is 11.8 Å². The Morgan fingerprint density at radius 3 is 2.68 bits per heavy atom. The summed E-state index contributed by atoms with van der Waals surface area (Å²) in [6.07, 6.45) is 5.45. The summed E-state index contributed by atoms with van der Waals surface area (Å²) in [5.74, 6) is -3.38. The van der Waals surface area contributed by atoms with Gasteiger partial charge in [0.2, 0.25) is 11.8 Å². The first-order valence-corrected chi connectivity index (χ1v) is 11.4. The van der Waals surface area contributed by atoms with Gasteiger partial charge in [-0.25, -0.2) is 0 Å². The van der Waals surface area contributed by atoms with Crippen molar-refractivity contribution < 1.29 is 29.3 Å². The van der Waals surface area contributed by atoms with E-state index in [-0.39, 0.29) is 24.5 Å². The molecule has 6 atom stereocenters. The van der Waals surface area contributed by atoms with Gasteiger partial charge in [0.05, 0.1) is 17.4 Å². The number of carboxylic acid groups (broad SMARTS) is 1. The number of ether oxygens (including phenoxy) is 1. The number of unbranched alkanes of at least 4 members (excludes halogenated alkanes) is 1. The second-order valence-electron chi connectivity index (χ2n) is 9.45. The molecule has 0 radical (unpaired) electrons. The zero-order valence-corrected chi connectivity index (χ0v) is 18.9. The zero-order chi connectivity index (χ0) is 23.0. The number of likely N-dealkylation sites (tertiary alicyclic amines) is 1. The molecule has 1 spiro atoms. The number of carbonyl (C=O) groups excluding carboxylic acids is 2. The normalized spacial score (nSPS) is 34.6. The fourth-order valence-electron chi connectivity index (χ4n) is 6.07. The summed E-state index contributed by atoms with van der Waals surface area (Å²) < 4.78 is 6.39. The maximum absolute atomic E-state index is 14.0. The first kappa shape index (κ1) is 23.7. The molecule has 174 valence electrons. The summed E-state index contributed by atoms with van der Waals surface area (Å²) in [6, 6.07) is -0.890. The summed E-state index contributed by atoms with van der Waals surface area (Å²) in [6.45, 7) is 10.2. The largest absolute Gasteiger partial charge is 0.481 e. The molecule has 0 saturated carbocycles. The molecule has 8 nitrogen and oxygen atoms in total. The van der Waals surface area contributed by atoms with Gasteiger partial charge in [-0.15, -0.1) is 6.58 Å². The molecular weight excluding hydrogens is 400 g/mol. The van der Waals surface area contributed by atoms with E-state index in [9.17, 15) is 24.6 Å². The monoisotopic (exact) mass is 436 g/mol. The van der Waals surface area contributed by atoms with Gasteiger partial charge in [0, 0.05) is 25.7 Å². The molecule has 2 amide bonds. The zero-order valence-electron chi connectivity index (χ0n) is 18.9. The van der Waals surface area contributed by atoms with E-state index in [1.54, 1.807) is 17.9 Å². The van der Waals surface area contributed by atoms with Crippen LogP contribution in [0.2, 0.25) is 0 Å². The Bertz CT molecular complexity index is 742. The van der Waals surface area contributed by atoms with E-state index in [2.05, 4.69) is 13.5 Å². The lowest BCUT2D eigenvalue weighted by Gasteiger charge is -2.39. The third kappa shape index (κ3) is 3.67. The lowest BCUT2D eigenvalue weighted by Crippen LogP contribution is -2.58. The first-order chi connectivity index (χ1) is 14.7. The lowest BCUT2D eigenvalue weighted by atomic mass is 9.66. The maximum Gasteiger partial charge on any atom is 0.310 e. The Labute approximate surface area is 184 Å². The summed E-state index contributed by atoms with van der Waals surface area (Å²) in [5, 5.41) is 19.1. The highest BCUT2D eigenvalue weighted by Gasteiger charge is 2.78. The van der Waals surface area contributed by atoms with Crippen LogP contribution in [-0.4, -0.2) is 80.8 Å². The van der Waals surface area contributed by atoms with Crippen LogP contribution in [0.1, 0.15) is 59.3 Å². The van der Waals surface area contributed by atoms with E-state index in [0.717, 1.165) is 12.8 Å². The molecule has 3 fully saturated rings. The average Bonchev–Trinajstić information content (AvgIpc) is 3.27. The molecule has 3 heterocycles. The van der Waals surface area contributed by atoms with Crippen LogP contribution < -0.4 is 0 Å². The van der Waals surface area contributed by atoms with E-state index in [1.807, 2.05) is 6.92 Å². The lowest BCUT2D eigenvalue weighted by molar-refractivity contribution is -0.156. The Morgan fingerprint density at radius 1 is 1.39 bits per heavy atom. The number of hydrogen-bond donors (Lipinski definition) is 2.